The number of imide groups is 1. The van der Waals surface area contributed by atoms with Crippen LogP contribution >= 0.6 is 11.8 Å². The molecule has 0 saturated carbocycles. The Labute approximate surface area is 101 Å². The summed E-state index contributed by atoms with van der Waals surface area (Å²) in [4.78, 5) is 22.5. The number of benzene rings is 1. The van der Waals surface area contributed by atoms with Crippen molar-refractivity contribution in [1.29, 1.82) is 0 Å². The summed E-state index contributed by atoms with van der Waals surface area (Å²) < 4.78 is 10.6. The second-order valence-electron chi connectivity index (χ2n) is 3.74. The highest BCUT2D eigenvalue weighted by molar-refractivity contribution is 8.15. The number of nitrogens with one attached hydrogen (secondary N) is 1. The summed E-state index contributed by atoms with van der Waals surface area (Å²) in [5.41, 5.74) is 0.891. The summed E-state index contributed by atoms with van der Waals surface area (Å²) in [6.45, 7) is 0.204. The van der Waals surface area contributed by atoms with Crippen LogP contribution in [0.1, 0.15) is 5.56 Å². The fourth-order valence-electron chi connectivity index (χ4n) is 1.88. The van der Waals surface area contributed by atoms with Gasteiger partial charge in [0, 0.05) is 0 Å². The quantitative estimate of drug-likeness (QED) is 0.858. The lowest BCUT2D eigenvalue weighted by Crippen LogP contribution is -2.25. The van der Waals surface area contributed by atoms with E-state index in [1.165, 1.54) is 0 Å². The van der Waals surface area contributed by atoms with Gasteiger partial charge in [-0.1, -0.05) is 23.9 Å². The van der Waals surface area contributed by atoms with Gasteiger partial charge in [-0.2, -0.15) is 0 Å². The molecule has 6 heteroatoms. The van der Waals surface area contributed by atoms with Gasteiger partial charge in [-0.15, -0.1) is 0 Å². The molecule has 0 radical (unpaired) electrons. The monoisotopic (exact) mass is 251 g/mol. The van der Waals surface area contributed by atoms with Crippen LogP contribution in [0.3, 0.4) is 0 Å². The Morgan fingerprint density at radius 1 is 1.35 bits per heavy atom. The Hall–Kier alpha value is -1.69. The van der Waals surface area contributed by atoms with Crippen LogP contribution in [0, 0.1) is 0 Å². The zero-order valence-electron chi connectivity index (χ0n) is 8.76. The van der Waals surface area contributed by atoms with Crippen LogP contribution in [0.2, 0.25) is 0 Å². The first kappa shape index (κ1) is 10.5. The van der Waals surface area contributed by atoms with Gasteiger partial charge in [0.1, 0.15) is 0 Å². The van der Waals surface area contributed by atoms with Gasteiger partial charge in [0.05, 0.1) is 5.25 Å². The highest BCUT2D eigenvalue weighted by atomic mass is 32.2. The molecule has 2 aliphatic heterocycles. The van der Waals surface area contributed by atoms with Crippen LogP contribution in [0.4, 0.5) is 4.79 Å². The van der Waals surface area contributed by atoms with E-state index in [0.29, 0.717) is 17.9 Å². The smallest absolute Gasteiger partial charge is 0.286 e. The van der Waals surface area contributed by atoms with Crippen LogP contribution in [-0.4, -0.2) is 23.2 Å². The summed E-state index contributed by atoms with van der Waals surface area (Å²) in [6, 6.07) is 5.55. The lowest BCUT2D eigenvalue weighted by Gasteiger charge is -2.07. The van der Waals surface area contributed by atoms with Gasteiger partial charge in [-0.3, -0.25) is 14.9 Å². The van der Waals surface area contributed by atoms with E-state index < -0.39 is 0 Å². The normalized spacial score (nSPS) is 21.8. The van der Waals surface area contributed by atoms with Gasteiger partial charge < -0.3 is 9.47 Å². The third-order valence-electron chi connectivity index (χ3n) is 2.65. The fourth-order valence-corrected chi connectivity index (χ4v) is 2.73. The number of fused-ring (bicyclic) bond motifs is 1. The van der Waals surface area contributed by atoms with Crippen LogP contribution < -0.4 is 14.8 Å². The minimum atomic E-state index is -0.377. The Bertz CT molecular complexity index is 502. The molecule has 0 spiro atoms. The number of para-hydroxylation sites is 1. The molecule has 1 N–H and O–H groups in total. The average molecular weight is 251 g/mol. The second kappa shape index (κ2) is 3.96. The number of hydrogen-bond acceptors (Lipinski definition) is 5. The molecule has 2 heterocycles. The van der Waals surface area contributed by atoms with Gasteiger partial charge in [0.2, 0.25) is 12.7 Å². The first-order valence-corrected chi connectivity index (χ1v) is 6.01. The summed E-state index contributed by atoms with van der Waals surface area (Å²) in [7, 11) is 0. The standard InChI is InChI=1S/C11H9NO4S/c13-10-8(17-11(14)12-10)4-6-2-1-3-7-9(6)16-5-15-7/h1-3,8H,4-5H2,(H,12,13,14). The molecule has 2 aliphatic rings. The Kier molecular flexibility index (Phi) is 2.44. The summed E-state index contributed by atoms with van der Waals surface area (Å²) in [5.74, 6) is 1.13. The molecule has 2 amide bonds. The summed E-state index contributed by atoms with van der Waals surface area (Å²) in [6.07, 6.45) is 0.467. The van der Waals surface area contributed by atoms with Gasteiger partial charge in [0.15, 0.2) is 11.5 Å². The van der Waals surface area contributed by atoms with Crippen LogP contribution in [-0.2, 0) is 11.2 Å². The molecule has 1 unspecified atom stereocenters. The first-order chi connectivity index (χ1) is 8.24. The van der Waals surface area contributed by atoms with E-state index in [-0.39, 0.29) is 23.2 Å². The average Bonchev–Trinajstić information content (AvgIpc) is 2.87. The van der Waals surface area contributed by atoms with E-state index >= 15 is 0 Å². The minimum Gasteiger partial charge on any atom is -0.454 e. The fraction of sp³-hybridized carbons (Fsp3) is 0.273. The Morgan fingerprint density at radius 3 is 3.00 bits per heavy atom. The molecule has 88 valence electrons. The lowest BCUT2D eigenvalue weighted by atomic mass is 10.1. The number of carbonyl (C=O) groups is 2. The van der Waals surface area contributed by atoms with Crippen molar-refractivity contribution in [2.75, 3.05) is 6.79 Å². The van der Waals surface area contributed by atoms with Crippen LogP contribution in [0.25, 0.3) is 0 Å². The molecule has 1 aromatic carbocycles. The Morgan fingerprint density at radius 2 is 2.24 bits per heavy atom. The maximum absolute atomic E-state index is 11.5. The molecule has 1 aromatic rings. The molecule has 5 nitrogen and oxygen atoms in total. The maximum atomic E-state index is 11.5. The number of amides is 2. The van der Waals surface area contributed by atoms with Crippen molar-refractivity contribution < 1.29 is 19.1 Å². The van der Waals surface area contributed by atoms with Gasteiger partial charge in [-0.25, -0.2) is 0 Å². The van der Waals surface area contributed by atoms with Crippen molar-refractivity contribution in [1.82, 2.24) is 5.32 Å². The van der Waals surface area contributed by atoms with E-state index in [1.807, 2.05) is 18.2 Å². The van der Waals surface area contributed by atoms with Crippen molar-refractivity contribution >= 4 is 22.9 Å². The SMILES string of the molecule is O=C1NC(=O)C(Cc2cccc3c2OCO3)S1. The third-order valence-corrected chi connectivity index (χ3v) is 3.63. The molecule has 0 aromatic heterocycles. The largest absolute Gasteiger partial charge is 0.454 e. The molecular weight excluding hydrogens is 242 g/mol. The summed E-state index contributed by atoms with van der Waals surface area (Å²) >= 11 is 1.02. The third kappa shape index (κ3) is 1.84. The topological polar surface area (TPSA) is 64.6 Å². The van der Waals surface area contributed by atoms with Crippen LogP contribution in [0.5, 0.6) is 11.5 Å². The minimum absolute atomic E-state index is 0.204. The molecule has 1 fully saturated rings. The first-order valence-electron chi connectivity index (χ1n) is 5.13. The maximum Gasteiger partial charge on any atom is 0.286 e. The zero-order valence-corrected chi connectivity index (χ0v) is 9.58. The molecule has 0 aliphatic carbocycles. The number of thioether (sulfide) groups is 1. The highest BCUT2D eigenvalue weighted by Crippen LogP contribution is 2.37. The van der Waals surface area contributed by atoms with E-state index in [0.717, 1.165) is 17.3 Å². The number of carbonyl (C=O) groups excluding carboxylic acids is 2. The van der Waals surface area contributed by atoms with Crippen molar-refractivity contribution in [2.24, 2.45) is 0 Å². The van der Waals surface area contributed by atoms with Crippen molar-refractivity contribution in [3.63, 3.8) is 0 Å². The second-order valence-corrected chi connectivity index (χ2v) is 4.91. The van der Waals surface area contributed by atoms with Crippen molar-refractivity contribution in [3.8, 4) is 11.5 Å². The zero-order chi connectivity index (χ0) is 11.8. The van der Waals surface area contributed by atoms with Gasteiger partial charge >= 0.3 is 0 Å². The number of rotatable bonds is 2. The molecule has 17 heavy (non-hydrogen) atoms. The number of ether oxygens (including phenoxy) is 2. The van der Waals surface area contributed by atoms with Gasteiger partial charge in [-0.05, 0) is 18.1 Å². The van der Waals surface area contributed by atoms with Crippen molar-refractivity contribution in [3.05, 3.63) is 23.8 Å². The molecule has 0 bridgehead atoms. The van der Waals surface area contributed by atoms with Crippen LogP contribution in [0.15, 0.2) is 18.2 Å². The van der Waals surface area contributed by atoms with Crippen molar-refractivity contribution in [2.45, 2.75) is 11.7 Å². The summed E-state index contributed by atoms with van der Waals surface area (Å²) in [5, 5.41) is 1.60. The molecule has 3 rings (SSSR count). The molecular formula is C11H9NO4S. The molecule has 1 atom stereocenters. The predicted molar refractivity (Wildman–Crippen MR) is 61.2 cm³/mol. The van der Waals surface area contributed by atoms with E-state index in [4.69, 9.17) is 9.47 Å². The van der Waals surface area contributed by atoms with Gasteiger partial charge in [0.25, 0.3) is 5.24 Å². The molecule has 1 saturated heterocycles. The van der Waals surface area contributed by atoms with E-state index in [9.17, 15) is 9.59 Å². The highest BCUT2D eigenvalue weighted by Gasteiger charge is 2.33. The Balaban J connectivity index is 1.84. The predicted octanol–water partition coefficient (Wildman–Crippen LogP) is 1.31. The van der Waals surface area contributed by atoms with E-state index in [2.05, 4.69) is 5.32 Å². The number of hydrogen-bond donors (Lipinski definition) is 1. The lowest BCUT2D eigenvalue weighted by molar-refractivity contribution is -0.118. The van der Waals surface area contributed by atoms with E-state index in [1.54, 1.807) is 0 Å².